The molecule has 0 N–H and O–H groups in total. The van der Waals surface area contributed by atoms with E-state index in [-0.39, 0.29) is 0 Å². The number of nitrogens with zero attached hydrogens (tertiary/aromatic N) is 2. The van der Waals surface area contributed by atoms with Crippen molar-refractivity contribution in [1.82, 2.24) is 0 Å². The molecule has 2 nitrogen and oxygen atoms in total. The Hall–Kier alpha value is -9.59. The predicted octanol–water partition coefficient (Wildman–Crippen LogP) is 22.0. The molecule has 13 aromatic carbocycles. The Labute approximate surface area is 498 Å². The summed E-state index contributed by atoms with van der Waals surface area (Å²) in [6.07, 6.45) is 0. The third-order valence-electron chi connectivity index (χ3n) is 16.6. The van der Waals surface area contributed by atoms with Gasteiger partial charge in [0.2, 0.25) is 0 Å². The highest BCUT2D eigenvalue weighted by atomic mass is 28.3. The van der Waals surface area contributed by atoms with E-state index in [1.54, 1.807) is 0 Å². The molecule has 0 spiro atoms. The summed E-state index contributed by atoms with van der Waals surface area (Å²) in [5, 5.41) is 7.57. The SMILES string of the molecule is C[Si](C)(C)c1ccc(N(c2ccc(-c3ccccc3)cc2)c2ccc3c(-c4ccccc4-c4ccccc4)c4cc(N(c5ccc(-c6ccccc6)cc5)c5ccc([Si](C)(C)C)cc5)ccc4c(-c4ccccc4-c4ccccc4)c3c2)cc1. The maximum atomic E-state index is 2.48. The van der Waals surface area contributed by atoms with E-state index in [0.717, 1.165) is 34.1 Å². The highest BCUT2D eigenvalue weighted by Gasteiger charge is 2.26. The van der Waals surface area contributed by atoms with Gasteiger partial charge in [-0.25, -0.2) is 0 Å². The molecule has 0 unspecified atom stereocenters. The van der Waals surface area contributed by atoms with E-state index in [4.69, 9.17) is 0 Å². The zero-order valence-electron chi connectivity index (χ0n) is 48.8. The van der Waals surface area contributed by atoms with Crippen LogP contribution in [0.1, 0.15) is 0 Å². The number of hydrogen-bond acceptors (Lipinski definition) is 2. The molecule has 0 aliphatic carbocycles. The standard InChI is InChI=1S/C80H68N2Si2/c1-83(2,3)69-49-43-65(44-50-69)81(63-39-35-59(36-40-63)57-23-11-7-12-24-57)67-47-53-75-77(55-67)79(73-33-21-19-31-71(73)61-27-15-9-16-28-61)76-54-48-68(56-78(76)80(75)74-34-22-20-32-72(74)62-29-17-10-18-30-62)82(66-45-51-70(52-46-66)84(4,5)6)64-41-37-60(38-42-64)58-25-13-8-14-26-58/h7-56H,1-6H3. The van der Waals surface area contributed by atoms with Gasteiger partial charge in [0.1, 0.15) is 0 Å². The number of benzene rings is 13. The Morgan fingerprint density at radius 2 is 0.452 bits per heavy atom. The minimum absolute atomic E-state index is 1.08. The van der Waals surface area contributed by atoms with Crippen LogP contribution >= 0.6 is 0 Å². The van der Waals surface area contributed by atoms with Crippen molar-refractivity contribution in [2.75, 3.05) is 9.80 Å². The minimum atomic E-state index is -1.60. The lowest BCUT2D eigenvalue weighted by molar-refractivity contribution is 1.29. The molecule has 0 saturated heterocycles. The monoisotopic (exact) mass is 1110 g/mol. The van der Waals surface area contributed by atoms with Gasteiger partial charge in [0.15, 0.2) is 0 Å². The fraction of sp³-hybridized carbons (Fsp3) is 0.0750. The summed E-state index contributed by atoms with van der Waals surface area (Å²) in [6.45, 7) is 14.5. The van der Waals surface area contributed by atoms with Gasteiger partial charge in [-0.15, -0.1) is 0 Å². The topological polar surface area (TPSA) is 6.48 Å². The minimum Gasteiger partial charge on any atom is -0.310 e. The summed E-state index contributed by atoms with van der Waals surface area (Å²) in [7, 11) is -3.20. The van der Waals surface area contributed by atoms with Crippen molar-refractivity contribution in [2.24, 2.45) is 0 Å². The van der Waals surface area contributed by atoms with Crippen LogP contribution in [0.25, 0.3) is 88.3 Å². The maximum Gasteiger partial charge on any atom is 0.0775 e. The van der Waals surface area contributed by atoms with Crippen molar-refractivity contribution >= 4 is 82.2 Å². The number of fused-ring (bicyclic) bond motifs is 2. The van der Waals surface area contributed by atoms with Crippen LogP contribution in [-0.2, 0) is 0 Å². The molecule has 0 saturated carbocycles. The lowest BCUT2D eigenvalue weighted by Crippen LogP contribution is -2.37. The first-order chi connectivity index (χ1) is 40.9. The number of hydrogen-bond donors (Lipinski definition) is 0. The third kappa shape index (κ3) is 10.6. The Kier molecular flexibility index (Phi) is 14.5. The van der Waals surface area contributed by atoms with Crippen LogP contribution in [0, 0.1) is 0 Å². The van der Waals surface area contributed by atoms with Gasteiger partial charge < -0.3 is 9.80 Å². The molecule has 0 fully saturated rings. The second-order valence-electron chi connectivity index (χ2n) is 24.1. The molecule has 0 heterocycles. The highest BCUT2D eigenvalue weighted by Crippen LogP contribution is 2.51. The van der Waals surface area contributed by atoms with E-state index in [1.165, 1.54) is 98.7 Å². The lowest BCUT2D eigenvalue weighted by Gasteiger charge is -2.29. The van der Waals surface area contributed by atoms with Gasteiger partial charge in [-0.05, 0) is 161 Å². The molecule has 84 heavy (non-hydrogen) atoms. The zero-order chi connectivity index (χ0) is 57.4. The van der Waals surface area contributed by atoms with Crippen molar-refractivity contribution in [3.05, 3.63) is 303 Å². The summed E-state index contributed by atoms with van der Waals surface area (Å²) in [5.74, 6) is 0. The summed E-state index contributed by atoms with van der Waals surface area (Å²) in [5.41, 5.74) is 20.8. The Morgan fingerprint density at radius 3 is 0.762 bits per heavy atom. The van der Waals surface area contributed by atoms with E-state index in [9.17, 15) is 0 Å². The second kappa shape index (κ2) is 22.6. The molecular formula is C80H68N2Si2. The molecule has 0 aromatic heterocycles. The van der Waals surface area contributed by atoms with E-state index >= 15 is 0 Å². The summed E-state index contributed by atoms with van der Waals surface area (Å²) in [4.78, 5) is 4.91. The molecule has 13 aromatic rings. The first kappa shape index (κ1) is 53.7. The van der Waals surface area contributed by atoms with Crippen LogP contribution < -0.4 is 20.2 Å². The third-order valence-corrected chi connectivity index (χ3v) is 20.7. The summed E-state index contributed by atoms with van der Waals surface area (Å²) < 4.78 is 0. The Bertz CT molecular complexity index is 4140. The first-order valence-electron chi connectivity index (χ1n) is 29.4. The molecule has 13 rings (SSSR count). The van der Waals surface area contributed by atoms with E-state index < -0.39 is 16.1 Å². The van der Waals surface area contributed by atoms with Crippen molar-refractivity contribution < 1.29 is 0 Å². The molecule has 0 aliphatic heterocycles. The average Bonchev–Trinajstić information content (AvgIpc) is 0.935. The molecule has 0 radical (unpaired) electrons. The van der Waals surface area contributed by atoms with Crippen molar-refractivity contribution in [3.8, 4) is 66.8 Å². The largest absolute Gasteiger partial charge is 0.310 e. The quantitative estimate of drug-likeness (QED) is 0.0791. The Morgan fingerprint density at radius 1 is 0.202 bits per heavy atom. The van der Waals surface area contributed by atoms with Gasteiger partial charge in [0.25, 0.3) is 0 Å². The van der Waals surface area contributed by atoms with E-state index in [1.807, 2.05) is 0 Å². The molecule has 0 aliphatic rings. The molecule has 4 heteroatoms. The van der Waals surface area contributed by atoms with Gasteiger partial charge in [-0.2, -0.15) is 0 Å². The van der Waals surface area contributed by atoms with Crippen molar-refractivity contribution in [2.45, 2.75) is 39.3 Å². The molecule has 0 amide bonds. The van der Waals surface area contributed by atoms with Gasteiger partial charge in [-0.3, -0.25) is 0 Å². The summed E-state index contributed by atoms with van der Waals surface area (Å²) in [6, 6.07) is 113. The van der Waals surface area contributed by atoms with Crippen LogP contribution in [0.3, 0.4) is 0 Å². The van der Waals surface area contributed by atoms with Crippen LogP contribution in [-0.4, -0.2) is 16.1 Å². The number of anilines is 6. The lowest BCUT2D eigenvalue weighted by atomic mass is 9.82. The van der Waals surface area contributed by atoms with Crippen molar-refractivity contribution in [3.63, 3.8) is 0 Å². The van der Waals surface area contributed by atoms with Crippen LogP contribution in [0.15, 0.2) is 303 Å². The van der Waals surface area contributed by atoms with Crippen LogP contribution in [0.4, 0.5) is 34.1 Å². The highest BCUT2D eigenvalue weighted by molar-refractivity contribution is 6.89. The van der Waals surface area contributed by atoms with E-state index in [0.29, 0.717) is 0 Å². The smallest absolute Gasteiger partial charge is 0.0775 e. The zero-order valence-corrected chi connectivity index (χ0v) is 50.8. The average molecular weight is 1110 g/mol. The van der Waals surface area contributed by atoms with Crippen molar-refractivity contribution in [1.29, 1.82) is 0 Å². The van der Waals surface area contributed by atoms with Crippen LogP contribution in [0.2, 0.25) is 39.3 Å². The van der Waals surface area contributed by atoms with Crippen LogP contribution in [0.5, 0.6) is 0 Å². The molecule has 0 atom stereocenters. The molecular weight excluding hydrogens is 1050 g/mol. The van der Waals surface area contributed by atoms with Gasteiger partial charge in [0.05, 0.1) is 16.1 Å². The Balaban J connectivity index is 1.12. The molecule has 0 bridgehead atoms. The summed E-state index contributed by atoms with van der Waals surface area (Å²) >= 11 is 0. The fourth-order valence-corrected chi connectivity index (χ4v) is 14.5. The normalized spacial score (nSPS) is 11.7. The van der Waals surface area contributed by atoms with E-state index in [2.05, 4.69) is 352 Å². The first-order valence-corrected chi connectivity index (χ1v) is 36.4. The molecule has 406 valence electrons. The maximum absolute atomic E-state index is 2.48. The predicted molar refractivity (Wildman–Crippen MR) is 369 cm³/mol. The van der Waals surface area contributed by atoms with Gasteiger partial charge in [-0.1, -0.05) is 280 Å². The van der Waals surface area contributed by atoms with Gasteiger partial charge >= 0.3 is 0 Å². The fourth-order valence-electron chi connectivity index (χ4n) is 12.2. The number of rotatable bonds is 14. The second-order valence-corrected chi connectivity index (χ2v) is 34.3. The van der Waals surface area contributed by atoms with Gasteiger partial charge in [0, 0.05) is 34.1 Å².